The van der Waals surface area contributed by atoms with Crippen molar-refractivity contribution in [1.29, 1.82) is 0 Å². The highest BCUT2D eigenvalue weighted by atomic mass is 16.3. The SMILES string of the molecule is C=C(CN(C)C)C1(O)c2ccccc2C=Cc2ccccc21. The number of likely N-dealkylation sites (N-methyl/N-ethyl adjacent to an activating group) is 1. The van der Waals surface area contributed by atoms with Gasteiger partial charge in [0.05, 0.1) is 0 Å². The van der Waals surface area contributed by atoms with Gasteiger partial charge in [0.15, 0.2) is 0 Å². The Morgan fingerprint density at radius 1 is 0.955 bits per heavy atom. The molecule has 0 heterocycles. The van der Waals surface area contributed by atoms with E-state index in [2.05, 4.69) is 18.7 Å². The fourth-order valence-corrected chi connectivity index (χ4v) is 3.15. The topological polar surface area (TPSA) is 23.5 Å². The van der Waals surface area contributed by atoms with Crippen molar-refractivity contribution in [3.63, 3.8) is 0 Å². The zero-order chi connectivity index (χ0) is 15.7. The Balaban J connectivity index is 2.27. The van der Waals surface area contributed by atoms with Crippen molar-refractivity contribution in [1.82, 2.24) is 4.90 Å². The molecule has 112 valence electrons. The lowest BCUT2D eigenvalue weighted by Gasteiger charge is -2.34. The van der Waals surface area contributed by atoms with E-state index in [9.17, 15) is 5.11 Å². The lowest BCUT2D eigenvalue weighted by atomic mass is 9.78. The molecule has 0 bridgehead atoms. The smallest absolute Gasteiger partial charge is 0.138 e. The highest BCUT2D eigenvalue weighted by Crippen LogP contribution is 2.42. The summed E-state index contributed by atoms with van der Waals surface area (Å²) in [7, 11) is 3.97. The molecule has 2 nitrogen and oxygen atoms in total. The van der Waals surface area contributed by atoms with Crippen molar-refractivity contribution in [2.45, 2.75) is 5.60 Å². The molecule has 2 aromatic rings. The van der Waals surface area contributed by atoms with Crippen LogP contribution in [0.15, 0.2) is 60.7 Å². The number of rotatable bonds is 3. The highest BCUT2D eigenvalue weighted by Gasteiger charge is 2.38. The first kappa shape index (κ1) is 14.8. The van der Waals surface area contributed by atoms with Crippen molar-refractivity contribution in [2.75, 3.05) is 20.6 Å². The van der Waals surface area contributed by atoms with Gasteiger partial charge in [0.2, 0.25) is 0 Å². The second kappa shape index (κ2) is 5.56. The van der Waals surface area contributed by atoms with Gasteiger partial charge in [-0.15, -0.1) is 0 Å². The molecular formula is C20H21NO. The summed E-state index contributed by atoms with van der Waals surface area (Å²) >= 11 is 0. The van der Waals surface area contributed by atoms with E-state index in [1.54, 1.807) is 0 Å². The minimum absolute atomic E-state index is 0.624. The van der Waals surface area contributed by atoms with Crippen molar-refractivity contribution >= 4 is 12.2 Å². The van der Waals surface area contributed by atoms with Crippen LogP contribution in [0, 0.1) is 0 Å². The summed E-state index contributed by atoms with van der Waals surface area (Å²) in [6, 6.07) is 16.0. The molecule has 0 aliphatic heterocycles. The van der Waals surface area contributed by atoms with Crippen LogP contribution in [0.5, 0.6) is 0 Å². The molecule has 0 radical (unpaired) electrons. The van der Waals surface area contributed by atoms with Crippen LogP contribution in [-0.4, -0.2) is 30.6 Å². The molecule has 22 heavy (non-hydrogen) atoms. The summed E-state index contributed by atoms with van der Waals surface area (Å²) < 4.78 is 0. The van der Waals surface area contributed by atoms with Gasteiger partial charge in [0, 0.05) is 6.54 Å². The monoisotopic (exact) mass is 291 g/mol. The lowest BCUT2D eigenvalue weighted by molar-refractivity contribution is 0.113. The summed E-state index contributed by atoms with van der Waals surface area (Å²) in [5, 5.41) is 11.7. The second-order valence-electron chi connectivity index (χ2n) is 6.06. The molecule has 1 aliphatic rings. The van der Waals surface area contributed by atoms with Gasteiger partial charge in [0.25, 0.3) is 0 Å². The van der Waals surface area contributed by atoms with Crippen LogP contribution in [0.3, 0.4) is 0 Å². The minimum Gasteiger partial charge on any atom is -0.376 e. The Labute approximate surface area is 132 Å². The number of aliphatic hydroxyl groups is 1. The van der Waals surface area contributed by atoms with Crippen molar-refractivity contribution in [2.24, 2.45) is 0 Å². The molecule has 1 aliphatic carbocycles. The maximum atomic E-state index is 11.7. The molecule has 0 atom stereocenters. The van der Waals surface area contributed by atoms with Gasteiger partial charge in [-0.05, 0) is 41.9 Å². The Kier molecular flexibility index (Phi) is 3.73. The highest BCUT2D eigenvalue weighted by molar-refractivity contribution is 5.78. The van der Waals surface area contributed by atoms with Crippen molar-refractivity contribution in [3.05, 3.63) is 82.9 Å². The van der Waals surface area contributed by atoms with Crippen molar-refractivity contribution in [3.8, 4) is 0 Å². The zero-order valence-corrected chi connectivity index (χ0v) is 13.1. The van der Waals surface area contributed by atoms with Crippen LogP contribution in [0.4, 0.5) is 0 Å². The molecular weight excluding hydrogens is 270 g/mol. The standard InChI is InChI=1S/C20H21NO/c1-15(14-21(2)3)20(22)18-10-6-4-8-16(18)12-13-17-9-5-7-11-19(17)20/h4-13,22H,1,14H2,2-3H3. The maximum absolute atomic E-state index is 11.7. The molecule has 0 saturated heterocycles. The van der Waals surface area contributed by atoms with E-state index in [4.69, 9.17) is 0 Å². The second-order valence-corrected chi connectivity index (χ2v) is 6.06. The van der Waals surface area contributed by atoms with Crippen molar-refractivity contribution < 1.29 is 5.11 Å². The van der Waals surface area contributed by atoms with Gasteiger partial charge in [-0.25, -0.2) is 0 Å². The first-order valence-corrected chi connectivity index (χ1v) is 7.46. The van der Waals surface area contributed by atoms with Crippen LogP contribution < -0.4 is 0 Å². The van der Waals surface area contributed by atoms with Gasteiger partial charge < -0.3 is 10.0 Å². The largest absolute Gasteiger partial charge is 0.376 e. The third kappa shape index (κ3) is 2.31. The third-order valence-electron chi connectivity index (χ3n) is 4.16. The predicted molar refractivity (Wildman–Crippen MR) is 92.5 cm³/mol. The van der Waals surface area contributed by atoms with Gasteiger partial charge in [0.1, 0.15) is 5.60 Å². The third-order valence-corrected chi connectivity index (χ3v) is 4.16. The van der Waals surface area contributed by atoms with E-state index < -0.39 is 5.60 Å². The summed E-state index contributed by atoms with van der Waals surface area (Å²) in [6.45, 7) is 4.83. The zero-order valence-electron chi connectivity index (χ0n) is 13.1. The van der Waals surface area contributed by atoms with Crippen LogP contribution in [-0.2, 0) is 5.60 Å². The number of nitrogens with zero attached hydrogens (tertiary/aromatic N) is 1. The first-order chi connectivity index (χ1) is 10.5. The molecule has 0 unspecified atom stereocenters. The van der Waals surface area contributed by atoms with Crippen LogP contribution in [0.25, 0.3) is 12.2 Å². The summed E-state index contributed by atoms with van der Waals surface area (Å²) in [6.07, 6.45) is 4.13. The van der Waals surface area contributed by atoms with E-state index in [0.29, 0.717) is 6.54 Å². The Morgan fingerprint density at radius 2 is 1.41 bits per heavy atom. The number of fused-ring (bicyclic) bond motifs is 2. The quantitative estimate of drug-likeness (QED) is 0.875. The normalized spacial score (nSPS) is 15.1. The van der Waals surface area contributed by atoms with Gasteiger partial charge in [-0.3, -0.25) is 0 Å². The van der Waals surface area contributed by atoms with Crippen LogP contribution >= 0.6 is 0 Å². The van der Waals surface area contributed by atoms with Gasteiger partial charge in [-0.1, -0.05) is 67.3 Å². The summed E-state index contributed by atoms with van der Waals surface area (Å²) in [5.74, 6) is 0. The Morgan fingerprint density at radius 3 is 1.86 bits per heavy atom. The molecule has 0 amide bonds. The Bertz CT molecular complexity index is 693. The fourth-order valence-electron chi connectivity index (χ4n) is 3.15. The molecule has 1 N–H and O–H groups in total. The van der Waals surface area contributed by atoms with Crippen LogP contribution in [0.2, 0.25) is 0 Å². The summed E-state index contributed by atoms with van der Waals surface area (Å²) in [4.78, 5) is 2.03. The minimum atomic E-state index is -1.18. The molecule has 2 heteroatoms. The van der Waals surface area contributed by atoms with E-state index in [1.807, 2.05) is 67.5 Å². The van der Waals surface area contributed by atoms with Gasteiger partial charge >= 0.3 is 0 Å². The van der Waals surface area contributed by atoms with Crippen LogP contribution in [0.1, 0.15) is 22.3 Å². The molecule has 2 aromatic carbocycles. The molecule has 0 spiro atoms. The number of hydrogen-bond acceptors (Lipinski definition) is 2. The van der Waals surface area contributed by atoms with E-state index in [1.165, 1.54) is 0 Å². The maximum Gasteiger partial charge on any atom is 0.138 e. The average molecular weight is 291 g/mol. The molecule has 0 aromatic heterocycles. The van der Waals surface area contributed by atoms with E-state index >= 15 is 0 Å². The lowest BCUT2D eigenvalue weighted by Crippen LogP contribution is -2.35. The summed E-state index contributed by atoms with van der Waals surface area (Å²) in [5.41, 5.74) is 3.44. The Hall–Kier alpha value is -2.16. The molecule has 0 fully saturated rings. The average Bonchev–Trinajstić information content (AvgIpc) is 2.64. The molecule has 0 saturated carbocycles. The van der Waals surface area contributed by atoms with E-state index in [0.717, 1.165) is 27.8 Å². The fraction of sp³-hybridized carbons (Fsp3) is 0.200. The van der Waals surface area contributed by atoms with E-state index in [-0.39, 0.29) is 0 Å². The number of benzene rings is 2. The molecule has 3 rings (SSSR count). The predicted octanol–water partition coefficient (Wildman–Crippen LogP) is 3.52. The number of hydrogen-bond donors (Lipinski definition) is 1. The van der Waals surface area contributed by atoms with Gasteiger partial charge in [-0.2, -0.15) is 0 Å². The first-order valence-electron chi connectivity index (χ1n) is 7.46.